The molecule has 1 N–H and O–H groups in total. The molecule has 0 fully saturated rings. The number of pyridine rings is 1. The van der Waals surface area contributed by atoms with E-state index in [-0.39, 0.29) is 11.6 Å². The Balaban J connectivity index is 1.89. The first-order chi connectivity index (χ1) is 12.2. The fourth-order valence-electron chi connectivity index (χ4n) is 2.21. The number of benzene rings is 1. The van der Waals surface area contributed by atoms with Crippen LogP contribution in [0.15, 0.2) is 47.2 Å². The van der Waals surface area contributed by atoms with Crippen molar-refractivity contribution >= 4 is 11.4 Å². The molecule has 3 aromatic rings. The quantitative estimate of drug-likeness (QED) is 0.396. The second-order valence-corrected chi connectivity index (χ2v) is 5.07. The van der Waals surface area contributed by atoms with Crippen LogP contribution >= 0.6 is 0 Å². The minimum atomic E-state index is -0.460. The molecular formula is C16H15N5O4. The van der Waals surface area contributed by atoms with Crippen molar-refractivity contribution in [1.29, 1.82) is 0 Å². The number of nitrogens with one attached hydrogen (secondary N) is 1. The van der Waals surface area contributed by atoms with Gasteiger partial charge in [-0.1, -0.05) is 5.16 Å². The van der Waals surface area contributed by atoms with Gasteiger partial charge in [-0.2, -0.15) is 4.98 Å². The largest absolute Gasteiger partial charge is 0.383 e. The van der Waals surface area contributed by atoms with Crippen LogP contribution in [0.25, 0.3) is 22.8 Å². The molecule has 3 rings (SSSR count). The van der Waals surface area contributed by atoms with E-state index in [2.05, 4.69) is 20.4 Å². The molecule has 2 aromatic heterocycles. The van der Waals surface area contributed by atoms with Crippen molar-refractivity contribution in [3.63, 3.8) is 0 Å². The summed E-state index contributed by atoms with van der Waals surface area (Å²) in [5.74, 6) is 0.598. The zero-order valence-electron chi connectivity index (χ0n) is 13.4. The van der Waals surface area contributed by atoms with Crippen molar-refractivity contribution in [3.8, 4) is 22.8 Å². The van der Waals surface area contributed by atoms with Crippen LogP contribution in [-0.2, 0) is 4.74 Å². The fourth-order valence-corrected chi connectivity index (χ4v) is 2.21. The van der Waals surface area contributed by atoms with Crippen molar-refractivity contribution in [2.24, 2.45) is 0 Å². The van der Waals surface area contributed by atoms with Crippen molar-refractivity contribution in [1.82, 2.24) is 15.1 Å². The Bertz CT molecular complexity index is 866. The molecular weight excluding hydrogens is 326 g/mol. The molecule has 0 spiro atoms. The third-order valence-electron chi connectivity index (χ3n) is 3.43. The van der Waals surface area contributed by atoms with Crippen LogP contribution in [0.1, 0.15) is 0 Å². The maximum Gasteiger partial charge on any atom is 0.293 e. The van der Waals surface area contributed by atoms with Gasteiger partial charge in [0.05, 0.1) is 11.5 Å². The van der Waals surface area contributed by atoms with Gasteiger partial charge in [0.25, 0.3) is 11.6 Å². The summed E-state index contributed by atoms with van der Waals surface area (Å²) in [5.41, 5.74) is 1.55. The lowest BCUT2D eigenvalue weighted by Gasteiger charge is -2.07. The van der Waals surface area contributed by atoms with Gasteiger partial charge in [0.1, 0.15) is 5.69 Å². The molecule has 25 heavy (non-hydrogen) atoms. The summed E-state index contributed by atoms with van der Waals surface area (Å²) in [6.45, 7) is 0.904. The highest BCUT2D eigenvalue weighted by molar-refractivity contribution is 5.70. The first kappa shape index (κ1) is 16.5. The average Bonchev–Trinajstić information content (AvgIpc) is 3.13. The molecule has 0 unspecified atom stereocenters. The van der Waals surface area contributed by atoms with E-state index in [1.54, 1.807) is 43.8 Å². The summed E-state index contributed by atoms with van der Waals surface area (Å²) in [4.78, 5) is 19.1. The van der Waals surface area contributed by atoms with E-state index in [1.165, 1.54) is 6.07 Å². The van der Waals surface area contributed by atoms with Gasteiger partial charge in [-0.25, -0.2) is 0 Å². The van der Waals surface area contributed by atoms with Crippen molar-refractivity contribution in [2.45, 2.75) is 0 Å². The van der Waals surface area contributed by atoms with Gasteiger partial charge in [0.2, 0.25) is 5.82 Å². The lowest BCUT2D eigenvalue weighted by molar-refractivity contribution is -0.383. The number of hydrogen-bond donors (Lipinski definition) is 1. The first-order valence-electron chi connectivity index (χ1n) is 7.45. The predicted octanol–water partition coefficient (Wildman–Crippen LogP) is 2.77. The fraction of sp³-hybridized carbons (Fsp3) is 0.188. The van der Waals surface area contributed by atoms with E-state index in [9.17, 15) is 10.1 Å². The molecule has 1 aromatic carbocycles. The third-order valence-corrected chi connectivity index (χ3v) is 3.43. The molecule has 2 heterocycles. The van der Waals surface area contributed by atoms with Crippen LogP contribution in [0.5, 0.6) is 0 Å². The molecule has 0 aliphatic carbocycles. The van der Waals surface area contributed by atoms with E-state index < -0.39 is 4.92 Å². The molecule has 0 bridgehead atoms. The van der Waals surface area contributed by atoms with Crippen LogP contribution in [-0.4, -0.2) is 40.3 Å². The van der Waals surface area contributed by atoms with Crippen molar-refractivity contribution in [2.75, 3.05) is 25.6 Å². The molecule has 0 saturated carbocycles. The lowest BCUT2D eigenvalue weighted by atomic mass is 10.1. The number of nitro benzene ring substituents is 1. The third kappa shape index (κ3) is 3.78. The van der Waals surface area contributed by atoms with Crippen LogP contribution in [0.4, 0.5) is 11.4 Å². The van der Waals surface area contributed by atoms with Crippen LogP contribution in [0.3, 0.4) is 0 Å². The lowest BCUT2D eigenvalue weighted by Crippen LogP contribution is -2.09. The van der Waals surface area contributed by atoms with Gasteiger partial charge in [0, 0.05) is 43.2 Å². The normalized spacial score (nSPS) is 10.6. The minimum Gasteiger partial charge on any atom is -0.383 e. The van der Waals surface area contributed by atoms with E-state index in [0.717, 1.165) is 5.56 Å². The maximum atomic E-state index is 11.3. The van der Waals surface area contributed by atoms with Crippen LogP contribution < -0.4 is 5.32 Å². The molecule has 0 saturated heterocycles. The Morgan fingerprint density at radius 1 is 1.24 bits per heavy atom. The van der Waals surface area contributed by atoms with E-state index in [4.69, 9.17) is 9.26 Å². The van der Waals surface area contributed by atoms with Crippen LogP contribution in [0, 0.1) is 10.1 Å². The number of nitrogens with zero attached hydrogens (tertiary/aromatic N) is 4. The maximum absolute atomic E-state index is 11.3. The summed E-state index contributed by atoms with van der Waals surface area (Å²) < 4.78 is 10.2. The summed E-state index contributed by atoms with van der Waals surface area (Å²) in [6.07, 6.45) is 3.24. The second kappa shape index (κ2) is 7.49. The highest BCUT2D eigenvalue weighted by Gasteiger charge is 2.18. The Morgan fingerprint density at radius 3 is 2.76 bits per heavy atom. The van der Waals surface area contributed by atoms with E-state index in [1.807, 2.05) is 0 Å². The smallest absolute Gasteiger partial charge is 0.293 e. The summed E-state index contributed by atoms with van der Waals surface area (Å²) in [6, 6.07) is 8.20. The summed E-state index contributed by atoms with van der Waals surface area (Å²) in [5, 5.41) is 18.2. The van der Waals surface area contributed by atoms with Gasteiger partial charge in [-0.15, -0.1) is 0 Å². The number of nitro groups is 1. The highest BCUT2D eigenvalue weighted by atomic mass is 16.6. The minimum absolute atomic E-state index is 0.0720. The molecule has 128 valence electrons. The highest BCUT2D eigenvalue weighted by Crippen LogP contribution is 2.30. The zero-order valence-corrected chi connectivity index (χ0v) is 13.4. The molecule has 9 heteroatoms. The number of ether oxygens (including phenoxy) is 1. The van der Waals surface area contributed by atoms with Gasteiger partial charge in [-0.05, 0) is 24.3 Å². The Kier molecular flexibility index (Phi) is 4.95. The standard InChI is InChI=1S/C16H15N5O4/c1-24-9-8-18-13-3-2-12(10-14(13)21(22)23)16-19-15(20-25-16)11-4-6-17-7-5-11/h2-7,10,18H,8-9H2,1H3. The van der Waals surface area contributed by atoms with Crippen LogP contribution in [0.2, 0.25) is 0 Å². The van der Waals surface area contributed by atoms with Gasteiger partial charge < -0.3 is 14.6 Å². The Hall–Kier alpha value is -3.33. The van der Waals surface area contributed by atoms with Gasteiger partial charge in [-0.3, -0.25) is 15.1 Å². The first-order valence-corrected chi connectivity index (χ1v) is 7.45. The molecule has 0 aliphatic heterocycles. The molecule has 0 atom stereocenters. The van der Waals surface area contributed by atoms with Gasteiger partial charge >= 0.3 is 0 Å². The van der Waals surface area contributed by atoms with E-state index >= 15 is 0 Å². The monoisotopic (exact) mass is 341 g/mol. The molecule has 9 nitrogen and oxygen atoms in total. The van der Waals surface area contributed by atoms with Crippen molar-refractivity contribution in [3.05, 3.63) is 52.8 Å². The zero-order chi connectivity index (χ0) is 17.6. The summed E-state index contributed by atoms with van der Waals surface area (Å²) in [7, 11) is 1.56. The number of anilines is 1. The Labute approximate surface area is 142 Å². The second-order valence-electron chi connectivity index (χ2n) is 5.07. The molecule has 0 amide bonds. The SMILES string of the molecule is COCCNc1ccc(-c2nc(-c3ccncc3)no2)cc1[N+](=O)[O-]. The van der Waals surface area contributed by atoms with Crippen molar-refractivity contribution < 1.29 is 14.2 Å². The predicted molar refractivity (Wildman–Crippen MR) is 90.0 cm³/mol. The number of hydrogen-bond acceptors (Lipinski definition) is 8. The van der Waals surface area contributed by atoms with E-state index in [0.29, 0.717) is 30.2 Å². The number of aromatic nitrogens is 3. The Morgan fingerprint density at radius 2 is 2.04 bits per heavy atom. The average molecular weight is 341 g/mol. The number of rotatable bonds is 7. The molecule has 0 aliphatic rings. The summed E-state index contributed by atoms with van der Waals surface area (Å²) >= 11 is 0. The molecule has 0 radical (unpaired) electrons. The van der Waals surface area contributed by atoms with Gasteiger partial charge in [0.15, 0.2) is 0 Å². The topological polar surface area (TPSA) is 116 Å². The number of methoxy groups -OCH3 is 1.